The van der Waals surface area contributed by atoms with Gasteiger partial charge in [-0.2, -0.15) is 5.26 Å². The summed E-state index contributed by atoms with van der Waals surface area (Å²) >= 11 is 14.5. The Morgan fingerprint density at radius 3 is 2.37 bits per heavy atom. The number of halogens is 3. The van der Waals surface area contributed by atoms with E-state index in [-0.39, 0.29) is 12.2 Å². The number of carbonyl (C=O) groups is 1. The topological polar surface area (TPSA) is 62.1 Å². The lowest BCUT2D eigenvalue weighted by molar-refractivity contribution is -0.112. The van der Waals surface area contributed by atoms with E-state index in [0.717, 1.165) is 3.57 Å². The smallest absolute Gasteiger partial charge is 0.266 e. The number of ether oxygens (including phenoxy) is 1. The lowest BCUT2D eigenvalue weighted by Crippen LogP contribution is -2.13. The first kappa shape index (κ1) is 22.2. The van der Waals surface area contributed by atoms with Gasteiger partial charge in [-0.05, 0) is 76.7 Å². The Bertz CT molecular complexity index is 1120. The van der Waals surface area contributed by atoms with Gasteiger partial charge in [-0.15, -0.1) is 0 Å². The normalized spacial score (nSPS) is 10.9. The summed E-state index contributed by atoms with van der Waals surface area (Å²) in [4.78, 5) is 12.4. The van der Waals surface area contributed by atoms with Gasteiger partial charge in [0.25, 0.3) is 5.91 Å². The van der Waals surface area contributed by atoms with E-state index in [4.69, 9.17) is 27.9 Å². The Labute approximate surface area is 198 Å². The van der Waals surface area contributed by atoms with E-state index >= 15 is 0 Å². The highest BCUT2D eigenvalue weighted by Crippen LogP contribution is 2.26. The van der Waals surface area contributed by atoms with Crippen molar-refractivity contribution in [3.05, 3.63) is 97.0 Å². The third-order valence-electron chi connectivity index (χ3n) is 4.08. The molecule has 0 spiro atoms. The van der Waals surface area contributed by atoms with Crippen molar-refractivity contribution in [1.82, 2.24) is 0 Å². The first-order valence-corrected chi connectivity index (χ1v) is 10.6. The van der Waals surface area contributed by atoms with Crippen molar-refractivity contribution < 1.29 is 9.53 Å². The van der Waals surface area contributed by atoms with Crippen molar-refractivity contribution in [2.75, 3.05) is 5.32 Å². The number of nitrogens with one attached hydrogen (secondary N) is 1. The molecule has 0 unspecified atom stereocenters. The van der Waals surface area contributed by atoms with Crippen LogP contribution in [0.5, 0.6) is 5.75 Å². The summed E-state index contributed by atoms with van der Waals surface area (Å²) in [5.74, 6) is 0.151. The number of nitriles is 1. The van der Waals surface area contributed by atoms with E-state index in [1.54, 1.807) is 48.5 Å². The molecule has 3 aromatic rings. The van der Waals surface area contributed by atoms with Crippen LogP contribution in [0.1, 0.15) is 11.1 Å². The summed E-state index contributed by atoms with van der Waals surface area (Å²) in [6.45, 7) is 0.232. The summed E-state index contributed by atoms with van der Waals surface area (Å²) in [7, 11) is 0. The van der Waals surface area contributed by atoms with E-state index in [9.17, 15) is 10.1 Å². The van der Waals surface area contributed by atoms with Crippen LogP contribution in [0, 0.1) is 14.9 Å². The quantitative estimate of drug-likeness (QED) is 0.211. The second-order valence-corrected chi connectivity index (χ2v) is 8.25. The molecule has 0 saturated heterocycles. The summed E-state index contributed by atoms with van der Waals surface area (Å²) < 4.78 is 6.73. The molecular weight excluding hydrogens is 534 g/mol. The Kier molecular flexibility index (Phi) is 7.75. The average molecular weight is 549 g/mol. The molecule has 0 atom stereocenters. The molecule has 0 radical (unpaired) electrons. The van der Waals surface area contributed by atoms with E-state index < -0.39 is 5.91 Å². The van der Waals surface area contributed by atoms with Crippen molar-refractivity contribution in [2.24, 2.45) is 0 Å². The van der Waals surface area contributed by atoms with Crippen LogP contribution in [-0.2, 0) is 11.4 Å². The molecule has 3 aromatic carbocycles. The van der Waals surface area contributed by atoms with Gasteiger partial charge in [0.15, 0.2) is 0 Å². The fraction of sp³-hybridized carbons (Fsp3) is 0.0435. The highest BCUT2D eigenvalue weighted by Gasteiger charge is 2.10. The predicted octanol–water partition coefficient (Wildman–Crippen LogP) is 6.72. The minimum Gasteiger partial charge on any atom is -0.489 e. The van der Waals surface area contributed by atoms with Gasteiger partial charge < -0.3 is 10.1 Å². The van der Waals surface area contributed by atoms with E-state index in [0.29, 0.717) is 32.6 Å². The Morgan fingerprint density at radius 1 is 1.07 bits per heavy atom. The molecule has 7 heteroatoms. The highest BCUT2D eigenvalue weighted by atomic mass is 127. The van der Waals surface area contributed by atoms with Crippen molar-refractivity contribution >= 4 is 63.5 Å². The fourth-order valence-corrected chi connectivity index (χ4v) is 3.62. The van der Waals surface area contributed by atoms with Crippen LogP contribution in [0.15, 0.2) is 72.3 Å². The van der Waals surface area contributed by atoms with Crippen molar-refractivity contribution in [3.8, 4) is 11.8 Å². The van der Waals surface area contributed by atoms with Crippen molar-refractivity contribution in [2.45, 2.75) is 6.61 Å². The first-order valence-electron chi connectivity index (χ1n) is 8.81. The van der Waals surface area contributed by atoms with E-state index in [2.05, 4.69) is 27.9 Å². The zero-order valence-electron chi connectivity index (χ0n) is 15.5. The van der Waals surface area contributed by atoms with Crippen LogP contribution in [0.25, 0.3) is 6.08 Å². The molecule has 1 amide bonds. The molecule has 1 N–H and O–H groups in total. The number of anilines is 1. The van der Waals surface area contributed by atoms with E-state index in [1.807, 2.05) is 24.3 Å². The standard InChI is InChI=1S/C23H15Cl2IN2O2/c24-21-5-2-6-22(25)20(21)14-30-19-9-7-15(8-10-19)11-16(13-27)23(29)28-18-4-1-3-17(26)12-18/h1-12H,14H2,(H,28,29)/b16-11+. The molecule has 30 heavy (non-hydrogen) atoms. The number of hydrogen-bond acceptors (Lipinski definition) is 3. The predicted molar refractivity (Wildman–Crippen MR) is 129 cm³/mol. The number of amides is 1. The van der Waals surface area contributed by atoms with Crippen LogP contribution < -0.4 is 10.1 Å². The molecule has 0 fully saturated rings. The van der Waals surface area contributed by atoms with Gasteiger partial charge in [0, 0.05) is 24.9 Å². The Balaban J connectivity index is 1.67. The van der Waals surface area contributed by atoms with Gasteiger partial charge in [0.2, 0.25) is 0 Å². The molecule has 0 aliphatic rings. The lowest BCUT2D eigenvalue weighted by atomic mass is 10.1. The largest absolute Gasteiger partial charge is 0.489 e. The second kappa shape index (κ2) is 10.5. The summed E-state index contributed by atoms with van der Waals surface area (Å²) in [5, 5.41) is 13.2. The van der Waals surface area contributed by atoms with Gasteiger partial charge in [-0.3, -0.25) is 4.79 Å². The number of carbonyl (C=O) groups excluding carboxylic acids is 1. The molecule has 0 aliphatic carbocycles. The Hall–Kier alpha value is -2.53. The van der Waals surface area contributed by atoms with Gasteiger partial charge in [0.1, 0.15) is 24.0 Å². The first-order chi connectivity index (χ1) is 14.5. The van der Waals surface area contributed by atoms with Gasteiger partial charge in [0.05, 0.1) is 0 Å². The monoisotopic (exact) mass is 548 g/mol. The minimum absolute atomic E-state index is 0.00498. The number of rotatable bonds is 6. The molecule has 0 aliphatic heterocycles. The zero-order valence-corrected chi connectivity index (χ0v) is 19.2. The number of benzene rings is 3. The van der Waals surface area contributed by atoms with Gasteiger partial charge >= 0.3 is 0 Å². The van der Waals surface area contributed by atoms with Crippen LogP contribution in [0.4, 0.5) is 5.69 Å². The SMILES string of the molecule is N#C/C(=C\c1ccc(OCc2c(Cl)cccc2Cl)cc1)C(=O)Nc1cccc(I)c1. The molecule has 0 saturated carbocycles. The third kappa shape index (κ3) is 5.99. The van der Waals surface area contributed by atoms with Crippen molar-refractivity contribution in [3.63, 3.8) is 0 Å². The summed E-state index contributed by atoms with van der Waals surface area (Å²) in [5.41, 5.74) is 2.05. The number of hydrogen-bond donors (Lipinski definition) is 1. The molecule has 150 valence electrons. The minimum atomic E-state index is -0.465. The van der Waals surface area contributed by atoms with Crippen LogP contribution in [-0.4, -0.2) is 5.91 Å². The van der Waals surface area contributed by atoms with Crippen LogP contribution >= 0.6 is 45.8 Å². The van der Waals surface area contributed by atoms with Crippen LogP contribution in [0.3, 0.4) is 0 Å². The molecule has 0 bridgehead atoms. The molecule has 0 heterocycles. The van der Waals surface area contributed by atoms with E-state index in [1.165, 1.54) is 6.08 Å². The highest BCUT2D eigenvalue weighted by molar-refractivity contribution is 14.1. The maximum Gasteiger partial charge on any atom is 0.266 e. The average Bonchev–Trinajstić information content (AvgIpc) is 2.72. The fourth-order valence-electron chi connectivity index (χ4n) is 2.57. The maximum absolute atomic E-state index is 12.4. The molecular formula is C23H15Cl2IN2O2. The summed E-state index contributed by atoms with van der Waals surface area (Å²) in [6.07, 6.45) is 1.53. The molecule has 0 aromatic heterocycles. The second-order valence-electron chi connectivity index (χ2n) is 6.19. The Morgan fingerprint density at radius 2 is 1.73 bits per heavy atom. The third-order valence-corrected chi connectivity index (χ3v) is 5.46. The summed E-state index contributed by atoms with van der Waals surface area (Å²) in [6, 6.07) is 21.6. The van der Waals surface area contributed by atoms with Crippen molar-refractivity contribution in [1.29, 1.82) is 5.26 Å². The zero-order chi connectivity index (χ0) is 21.5. The maximum atomic E-state index is 12.4. The van der Waals surface area contributed by atoms with Gasteiger partial charge in [-0.25, -0.2) is 0 Å². The van der Waals surface area contributed by atoms with Gasteiger partial charge in [-0.1, -0.05) is 47.5 Å². The lowest BCUT2D eigenvalue weighted by Gasteiger charge is -2.09. The number of nitrogens with zero attached hydrogens (tertiary/aromatic N) is 1. The molecule has 4 nitrogen and oxygen atoms in total. The van der Waals surface area contributed by atoms with Crippen LogP contribution in [0.2, 0.25) is 10.0 Å². The molecule has 3 rings (SSSR count).